The van der Waals surface area contributed by atoms with Gasteiger partial charge in [-0.05, 0) is 24.6 Å². The highest BCUT2D eigenvalue weighted by Gasteiger charge is 2.17. The Morgan fingerprint density at radius 1 is 1.19 bits per heavy atom. The van der Waals surface area contributed by atoms with Crippen molar-refractivity contribution in [2.75, 3.05) is 13.2 Å². The number of carbonyl (C=O) groups excluding carboxylic acids is 1. The lowest BCUT2D eigenvalue weighted by Gasteiger charge is -2.18. The van der Waals surface area contributed by atoms with Gasteiger partial charge in [0.15, 0.2) is 6.29 Å². The van der Waals surface area contributed by atoms with Gasteiger partial charge in [0.1, 0.15) is 11.3 Å². The van der Waals surface area contributed by atoms with E-state index in [0.29, 0.717) is 40.1 Å². The van der Waals surface area contributed by atoms with Crippen molar-refractivity contribution in [3.8, 4) is 5.75 Å². The number of phenols is 1. The molecule has 0 aliphatic rings. The van der Waals surface area contributed by atoms with Gasteiger partial charge in [0.25, 0.3) is 0 Å². The molecule has 1 heterocycles. The van der Waals surface area contributed by atoms with Crippen LogP contribution in [0.5, 0.6) is 5.75 Å². The van der Waals surface area contributed by atoms with E-state index in [1.165, 1.54) is 18.3 Å². The van der Waals surface area contributed by atoms with Crippen molar-refractivity contribution in [1.82, 2.24) is 0 Å². The predicted molar refractivity (Wildman–Crippen MR) is 105 cm³/mol. The van der Waals surface area contributed by atoms with Crippen molar-refractivity contribution >= 4 is 34.2 Å². The van der Waals surface area contributed by atoms with Crippen LogP contribution in [0.25, 0.3) is 21.7 Å². The SMILES string of the molecule is Cc1cc(=O)oc2c1ccc1c(O)c(C=NCC(C)(C)CO)cc(C=O)c12. The van der Waals surface area contributed by atoms with Crippen LogP contribution in [0.2, 0.25) is 0 Å². The average Bonchev–Trinajstić information content (AvgIpc) is 2.63. The number of benzene rings is 2. The molecule has 6 nitrogen and oxygen atoms in total. The third-order valence-corrected chi connectivity index (χ3v) is 4.55. The summed E-state index contributed by atoms with van der Waals surface area (Å²) in [7, 11) is 0. The van der Waals surface area contributed by atoms with Crippen LogP contribution in [-0.4, -0.2) is 35.9 Å². The molecule has 3 rings (SSSR count). The first-order valence-corrected chi connectivity index (χ1v) is 8.56. The van der Waals surface area contributed by atoms with Crippen LogP contribution < -0.4 is 5.63 Å². The lowest BCUT2D eigenvalue weighted by atomic mass is 9.95. The van der Waals surface area contributed by atoms with Gasteiger partial charge in [0, 0.05) is 58.1 Å². The monoisotopic (exact) mass is 367 g/mol. The van der Waals surface area contributed by atoms with Gasteiger partial charge >= 0.3 is 5.63 Å². The van der Waals surface area contributed by atoms with Gasteiger partial charge < -0.3 is 14.6 Å². The van der Waals surface area contributed by atoms with Gasteiger partial charge in [-0.2, -0.15) is 0 Å². The van der Waals surface area contributed by atoms with Crippen molar-refractivity contribution in [1.29, 1.82) is 0 Å². The second kappa shape index (κ2) is 6.96. The number of aliphatic hydroxyl groups excluding tert-OH is 1. The Morgan fingerprint density at radius 2 is 1.89 bits per heavy atom. The maximum Gasteiger partial charge on any atom is 0.336 e. The number of phenolic OH excluding ortho intramolecular Hbond substituents is 1. The number of hydrogen-bond acceptors (Lipinski definition) is 6. The Balaban J connectivity index is 2.25. The molecule has 0 saturated heterocycles. The molecule has 0 saturated carbocycles. The first kappa shape index (κ1) is 18.8. The van der Waals surface area contributed by atoms with E-state index in [1.54, 1.807) is 19.1 Å². The number of nitrogens with zero attached hydrogens (tertiary/aromatic N) is 1. The molecule has 6 heteroatoms. The van der Waals surface area contributed by atoms with E-state index in [1.807, 2.05) is 13.8 Å². The number of aldehydes is 1. The van der Waals surface area contributed by atoms with Crippen LogP contribution in [0.1, 0.15) is 35.3 Å². The minimum atomic E-state index is -0.513. The molecule has 0 spiro atoms. The Morgan fingerprint density at radius 3 is 2.56 bits per heavy atom. The average molecular weight is 367 g/mol. The molecule has 0 atom stereocenters. The topological polar surface area (TPSA) is 100 Å². The molecule has 3 aromatic rings. The van der Waals surface area contributed by atoms with Crippen LogP contribution in [0.3, 0.4) is 0 Å². The highest BCUT2D eigenvalue weighted by atomic mass is 16.4. The van der Waals surface area contributed by atoms with Gasteiger partial charge in [-0.1, -0.05) is 19.9 Å². The molecule has 2 N–H and O–H groups in total. The number of aromatic hydroxyl groups is 1. The van der Waals surface area contributed by atoms with Crippen LogP contribution in [0, 0.1) is 12.3 Å². The molecular formula is C21H21NO5. The molecule has 0 amide bonds. The normalized spacial score (nSPS) is 12.3. The lowest BCUT2D eigenvalue weighted by Crippen LogP contribution is -2.20. The summed E-state index contributed by atoms with van der Waals surface area (Å²) in [6, 6.07) is 6.35. The second-order valence-corrected chi connectivity index (χ2v) is 7.43. The van der Waals surface area contributed by atoms with Crippen molar-refractivity contribution in [3.05, 3.63) is 51.4 Å². The number of rotatable bonds is 5. The molecule has 140 valence electrons. The summed E-state index contributed by atoms with van der Waals surface area (Å²) in [6.45, 7) is 5.88. The van der Waals surface area contributed by atoms with Crippen molar-refractivity contribution in [2.45, 2.75) is 20.8 Å². The van der Waals surface area contributed by atoms with Crippen LogP contribution in [0.4, 0.5) is 0 Å². The Kier molecular flexibility index (Phi) is 4.85. The Labute approximate surface area is 155 Å². The standard InChI is InChI=1S/C21H21NO5/c1-12-6-17(25)27-20-15(12)4-5-16-18(20)14(9-23)7-13(19(16)26)8-22-10-21(2,3)11-24/h4-9,24,26H,10-11H2,1-3H3. The maximum absolute atomic E-state index is 11.8. The number of aliphatic hydroxyl groups is 1. The Hall–Kier alpha value is -2.99. The van der Waals surface area contributed by atoms with E-state index in [-0.39, 0.29) is 23.4 Å². The molecule has 0 unspecified atom stereocenters. The maximum atomic E-state index is 11.8. The van der Waals surface area contributed by atoms with E-state index < -0.39 is 5.63 Å². The summed E-state index contributed by atoms with van der Waals surface area (Å²) >= 11 is 0. The molecule has 27 heavy (non-hydrogen) atoms. The quantitative estimate of drug-likeness (QED) is 0.312. The third kappa shape index (κ3) is 3.48. The summed E-state index contributed by atoms with van der Waals surface area (Å²) < 4.78 is 5.35. The molecule has 0 bridgehead atoms. The summed E-state index contributed by atoms with van der Waals surface area (Å²) in [4.78, 5) is 27.8. The Bertz CT molecular complexity index is 1130. The zero-order valence-electron chi connectivity index (χ0n) is 15.4. The molecular weight excluding hydrogens is 346 g/mol. The zero-order chi connectivity index (χ0) is 19.8. The highest BCUT2D eigenvalue weighted by molar-refractivity contribution is 6.15. The fraction of sp³-hybridized carbons (Fsp3) is 0.286. The van der Waals surface area contributed by atoms with E-state index in [4.69, 9.17) is 4.42 Å². The fourth-order valence-electron chi connectivity index (χ4n) is 2.96. The molecule has 0 radical (unpaired) electrons. The number of fused-ring (bicyclic) bond motifs is 3. The van der Waals surface area contributed by atoms with E-state index in [0.717, 1.165) is 5.56 Å². The smallest absolute Gasteiger partial charge is 0.336 e. The first-order valence-electron chi connectivity index (χ1n) is 8.56. The van der Waals surface area contributed by atoms with Gasteiger partial charge in [0.05, 0.1) is 0 Å². The van der Waals surface area contributed by atoms with E-state index >= 15 is 0 Å². The van der Waals surface area contributed by atoms with E-state index in [2.05, 4.69) is 4.99 Å². The minimum Gasteiger partial charge on any atom is -0.507 e. The molecule has 0 aliphatic carbocycles. The van der Waals surface area contributed by atoms with Gasteiger partial charge in [0.2, 0.25) is 0 Å². The van der Waals surface area contributed by atoms with Crippen molar-refractivity contribution < 1.29 is 19.4 Å². The predicted octanol–water partition coefficient (Wildman–Crippen LogP) is 3.21. The molecule has 0 aliphatic heterocycles. The number of aliphatic imine (C=N–C) groups is 1. The van der Waals surface area contributed by atoms with Crippen molar-refractivity contribution in [2.24, 2.45) is 10.4 Å². The molecule has 0 fully saturated rings. The minimum absolute atomic E-state index is 0.0159. The lowest BCUT2D eigenvalue weighted by molar-refractivity contribution is 0.112. The fourth-order valence-corrected chi connectivity index (χ4v) is 2.96. The number of hydrogen-bond donors (Lipinski definition) is 2. The van der Waals surface area contributed by atoms with Gasteiger partial charge in [-0.15, -0.1) is 0 Å². The van der Waals surface area contributed by atoms with Crippen LogP contribution >= 0.6 is 0 Å². The number of aryl methyl sites for hydroxylation is 1. The first-order chi connectivity index (χ1) is 12.8. The summed E-state index contributed by atoms with van der Waals surface area (Å²) in [5.41, 5.74) is 0.794. The molecule has 2 aromatic carbocycles. The molecule has 1 aromatic heterocycles. The highest BCUT2D eigenvalue weighted by Crippen LogP contribution is 2.35. The van der Waals surface area contributed by atoms with Crippen LogP contribution in [0.15, 0.2) is 38.5 Å². The second-order valence-electron chi connectivity index (χ2n) is 7.43. The van der Waals surface area contributed by atoms with E-state index in [9.17, 15) is 19.8 Å². The summed E-state index contributed by atoms with van der Waals surface area (Å²) in [5.74, 6) is -0.0489. The zero-order valence-corrected chi connectivity index (χ0v) is 15.4. The third-order valence-electron chi connectivity index (χ3n) is 4.55. The summed E-state index contributed by atoms with van der Waals surface area (Å²) in [5, 5.41) is 21.5. The largest absolute Gasteiger partial charge is 0.507 e. The number of carbonyl (C=O) groups is 1. The van der Waals surface area contributed by atoms with Crippen molar-refractivity contribution in [3.63, 3.8) is 0 Å². The van der Waals surface area contributed by atoms with Gasteiger partial charge in [-0.25, -0.2) is 4.79 Å². The van der Waals surface area contributed by atoms with Crippen LogP contribution in [-0.2, 0) is 0 Å². The van der Waals surface area contributed by atoms with Gasteiger partial charge in [-0.3, -0.25) is 9.79 Å². The summed E-state index contributed by atoms with van der Waals surface area (Å²) in [6.07, 6.45) is 2.15.